The molecule has 0 bridgehead atoms. The molecule has 0 aromatic rings. The molecule has 0 aromatic heterocycles. The first kappa shape index (κ1) is 10.3. The Bertz CT molecular complexity index is 269. The first-order valence-electron chi connectivity index (χ1n) is 4.04. The van der Waals surface area contributed by atoms with Crippen molar-refractivity contribution in [1.82, 2.24) is 0 Å². The summed E-state index contributed by atoms with van der Waals surface area (Å²) in [6.07, 6.45) is 1.87. The Morgan fingerprint density at radius 3 is 3.00 bits per heavy atom. The molecule has 0 atom stereocenters. The highest BCUT2D eigenvalue weighted by atomic mass is 29.4. The quantitative estimate of drug-likeness (QED) is 0.547. The maximum Gasteiger partial charge on any atom is 0.155 e. The number of hydrogen-bond acceptors (Lipinski definition) is 2. The van der Waals surface area contributed by atoms with Gasteiger partial charge in [-0.05, 0) is 13.0 Å². The van der Waals surface area contributed by atoms with Crippen molar-refractivity contribution >= 4 is 40.8 Å². The number of rotatable bonds is 2. The molecule has 0 unspecified atom stereocenters. The van der Waals surface area contributed by atoms with Crippen LogP contribution in [0.1, 0.15) is 6.92 Å². The van der Waals surface area contributed by atoms with Crippen LogP contribution in [0.2, 0.25) is 12.6 Å². The van der Waals surface area contributed by atoms with Crippen LogP contribution in [0.3, 0.4) is 0 Å². The first-order valence-corrected chi connectivity index (χ1v) is 12.5. The van der Waals surface area contributed by atoms with E-state index in [1.165, 1.54) is 5.20 Å². The number of allylic oxidation sites excluding steroid dienone is 2. The predicted octanol–water partition coefficient (Wildman–Crippen LogP) is -1.37. The van der Waals surface area contributed by atoms with Crippen LogP contribution in [0.4, 0.5) is 0 Å². The molecule has 0 amide bonds. The normalized spacial score (nSPS) is 19.5. The van der Waals surface area contributed by atoms with Crippen LogP contribution in [-0.2, 0) is 8.91 Å². The van der Waals surface area contributed by atoms with Crippen LogP contribution in [-0.4, -0.2) is 40.8 Å². The molecule has 1 heterocycles. The van der Waals surface area contributed by atoms with Gasteiger partial charge in [0.05, 0.1) is 0 Å². The second-order valence-corrected chi connectivity index (χ2v) is 19.2. The van der Waals surface area contributed by atoms with Gasteiger partial charge in [0, 0.05) is 21.3 Å². The highest BCUT2D eigenvalue weighted by Gasteiger charge is 2.15. The van der Waals surface area contributed by atoms with E-state index in [0.717, 1.165) is 16.5 Å². The van der Waals surface area contributed by atoms with Gasteiger partial charge in [0.15, 0.2) is 5.78 Å². The zero-order valence-electron chi connectivity index (χ0n) is 7.81. The fourth-order valence-electron chi connectivity index (χ4n) is 1.36. The molecule has 0 spiro atoms. The summed E-state index contributed by atoms with van der Waals surface area (Å²) in [5, 5.41) is 1.39. The minimum absolute atomic E-state index is 0.288. The van der Waals surface area contributed by atoms with Gasteiger partial charge in [-0.3, -0.25) is 4.79 Å². The van der Waals surface area contributed by atoms with Crippen molar-refractivity contribution in [2.75, 3.05) is 0 Å². The summed E-state index contributed by atoms with van der Waals surface area (Å²) in [6.45, 7) is 4.47. The Morgan fingerprint density at radius 1 is 1.75 bits per heavy atom. The lowest BCUT2D eigenvalue weighted by atomic mass is 10.4. The second kappa shape index (κ2) is 4.47. The van der Waals surface area contributed by atoms with E-state index in [4.69, 9.17) is 4.12 Å². The minimum Gasteiger partial charge on any atom is -0.468 e. The van der Waals surface area contributed by atoms with Gasteiger partial charge in [-0.2, -0.15) is 0 Å². The van der Waals surface area contributed by atoms with E-state index in [-0.39, 0.29) is 24.6 Å². The fraction of sp³-hybridized carbons (Fsp3) is 0.500. The maximum absolute atomic E-state index is 11.2. The van der Waals surface area contributed by atoms with Crippen molar-refractivity contribution in [3.8, 4) is 0 Å². The lowest BCUT2D eigenvalue weighted by Crippen LogP contribution is -2.31. The van der Waals surface area contributed by atoms with Crippen LogP contribution in [0.5, 0.6) is 0 Å². The first-order chi connectivity index (χ1) is 5.65. The lowest BCUT2D eigenvalue weighted by molar-refractivity contribution is -0.112. The summed E-state index contributed by atoms with van der Waals surface area (Å²) in [5.74, 6) is 0.364. The average molecular weight is 231 g/mol. The van der Waals surface area contributed by atoms with Gasteiger partial charge in [-0.15, -0.1) is 0 Å². The number of carbonyl (C=O) groups is 1. The highest BCUT2D eigenvalue weighted by Crippen LogP contribution is 2.05. The van der Waals surface area contributed by atoms with Gasteiger partial charge < -0.3 is 4.12 Å². The molecule has 0 aliphatic carbocycles. The molecule has 0 aromatic carbocycles. The Morgan fingerprint density at radius 2 is 2.42 bits per heavy atom. The molecule has 66 valence electrons. The Labute approximate surface area is 80.8 Å². The third kappa shape index (κ3) is 2.36. The zero-order valence-corrected chi connectivity index (χ0v) is 13.2. The Balaban J connectivity index is 2.88. The Kier molecular flexibility index (Phi) is 3.84. The number of hydrogen-bond donors (Lipinski definition) is 0. The number of ketones is 1. The van der Waals surface area contributed by atoms with Crippen molar-refractivity contribution in [2.24, 2.45) is 0 Å². The van der Waals surface area contributed by atoms with Crippen LogP contribution in [0, 0.1) is 0 Å². The summed E-state index contributed by atoms with van der Waals surface area (Å²) in [6, 6.07) is 0.876. The van der Waals surface area contributed by atoms with Crippen LogP contribution >= 0.6 is 0 Å². The van der Waals surface area contributed by atoms with Crippen LogP contribution in [0.25, 0.3) is 0 Å². The van der Waals surface area contributed by atoms with E-state index in [0.29, 0.717) is 5.78 Å². The smallest absolute Gasteiger partial charge is 0.155 e. The van der Waals surface area contributed by atoms with E-state index < -0.39 is 0 Å². The molecule has 0 N–H and O–H groups in total. The van der Waals surface area contributed by atoms with Gasteiger partial charge >= 0.3 is 0 Å². The molecule has 2 nitrogen and oxygen atoms in total. The van der Waals surface area contributed by atoms with Gasteiger partial charge in [0.1, 0.15) is 19.8 Å². The number of carbonyl (C=O) groups excluding carboxylic acids is 1. The van der Waals surface area contributed by atoms with Gasteiger partial charge in [-0.25, -0.2) is 0 Å². The molecule has 0 saturated carbocycles. The van der Waals surface area contributed by atoms with Gasteiger partial charge in [0.25, 0.3) is 0 Å². The van der Waals surface area contributed by atoms with E-state index in [9.17, 15) is 4.79 Å². The molecule has 6 heteroatoms. The molecular weight excluding hydrogens is 216 g/mol. The molecule has 0 fully saturated rings. The molecule has 12 heavy (non-hydrogen) atoms. The summed E-state index contributed by atoms with van der Waals surface area (Å²) in [7, 11) is -0.0564. The summed E-state index contributed by atoms with van der Waals surface area (Å²) >= 11 is 0. The molecule has 1 aliphatic rings. The third-order valence-electron chi connectivity index (χ3n) is 2.21. The van der Waals surface area contributed by atoms with Crippen molar-refractivity contribution in [3.63, 3.8) is 0 Å². The van der Waals surface area contributed by atoms with Gasteiger partial charge in [0.2, 0.25) is 0 Å². The maximum atomic E-state index is 11.2. The predicted molar refractivity (Wildman–Crippen MR) is 60.5 cm³/mol. The van der Waals surface area contributed by atoms with Crippen molar-refractivity contribution in [2.45, 2.75) is 19.5 Å². The van der Waals surface area contributed by atoms with Crippen molar-refractivity contribution in [1.29, 1.82) is 0 Å². The highest BCUT2D eigenvalue weighted by molar-refractivity contribution is 7.27. The third-order valence-corrected chi connectivity index (χ3v) is 22.2. The molecule has 0 radical (unpaired) electrons. The van der Waals surface area contributed by atoms with E-state index in [1.807, 2.05) is 6.08 Å². The van der Waals surface area contributed by atoms with E-state index in [1.54, 1.807) is 0 Å². The molecule has 1 rings (SSSR count). The topological polar surface area (TPSA) is 26.3 Å². The molecule has 0 saturated heterocycles. The summed E-state index contributed by atoms with van der Waals surface area (Å²) in [5.41, 5.74) is 0. The van der Waals surface area contributed by atoms with Gasteiger partial charge in [-0.1, -0.05) is 11.7 Å². The largest absolute Gasteiger partial charge is 0.468 e. The zero-order chi connectivity index (χ0) is 9.14. The summed E-state index contributed by atoms with van der Waals surface area (Å²) in [4.78, 5) is 11.2. The standard InChI is InChI=1S/C6H14O2Si4/c1-5-3-6(7)4-12(10-8-9)11(5)2/h3H,4,10H2,1-2,9H3. The summed E-state index contributed by atoms with van der Waals surface area (Å²) < 4.78 is 5.42. The minimum atomic E-state index is -0.338. The molecule has 1 aliphatic heterocycles. The van der Waals surface area contributed by atoms with E-state index >= 15 is 0 Å². The average Bonchev–Trinajstić information content (AvgIpc) is 2.00. The van der Waals surface area contributed by atoms with Crippen molar-refractivity contribution < 1.29 is 8.91 Å². The SMILES string of the molecule is CC1=CC(=O)C[Si]([SiH2]O[SiH3])=[Si]1C. The van der Waals surface area contributed by atoms with Crippen molar-refractivity contribution in [3.05, 3.63) is 11.3 Å². The monoisotopic (exact) mass is 230 g/mol. The van der Waals surface area contributed by atoms with Crippen LogP contribution < -0.4 is 0 Å². The van der Waals surface area contributed by atoms with Crippen LogP contribution in [0.15, 0.2) is 11.3 Å². The lowest BCUT2D eigenvalue weighted by Gasteiger charge is -2.13. The Hall–Kier alpha value is 0.238. The van der Waals surface area contributed by atoms with E-state index in [2.05, 4.69) is 13.5 Å². The fourth-order valence-corrected chi connectivity index (χ4v) is 21.2. The second-order valence-electron chi connectivity index (χ2n) is 3.13. The molecular formula is C6H14O2Si4.